The van der Waals surface area contributed by atoms with Gasteiger partial charge in [0.1, 0.15) is 0 Å². The van der Waals surface area contributed by atoms with E-state index in [4.69, 9.17) is 5.73 Å². The zero-order valence-corrected chi connectivity index (χ0v) is 10.9. The third kappa shape index (κ3) is 2.45. The minimum atomic E-state index is -0.265. The van der Waals surface area contributed by atoms with E-state index in [0.717, 1.165) is 10.2 Å². The van der Waals surface area contributed by atoms with E-state index >= 15 is 0 Å². The average Bonchev–Trinajstić information content (AvgIpc) is 2.67. The number of benzene rings is 1. The molecule has 1 heterocycles. The van der Waals surface area contributed by atoms with Crippen LogP contribution in [0.15, 0.2) is 18.2 Å². The molecule has 0 unspecified atom stereocenters. The average molecular weight is 268 g/mol. The Morgan fingerprint density at radius 1 is 1.65 bits per heavy atom. The Morgan fingerprint density at radius 3 is 3.12 bits per heavy atom. The Hall–Kier alpha value is -1.47. The summed E-state index contributed by atoms with van der Waals surface area (Å²) in [4.78, 5) is 15.7. The number of urea groups is 1. The maximum absolute atomic E-state index is 11.6. The van der Waals surface area contributed by atoms with Gasteiger partial charge in [-0.3, -0.25) is 0 Å². The van der Waals surface area contributed by atoms with Crippen molar-refractivity contribution >= 4 is 51.2 Å². The molecule has 3 N–H and O–H groups in total. The molecule has 1 aromatic heterocycles. The Kier molecular flexibility index (Phi) is 3.39. The molecular weight excluding hydrogens is 256 g/mol. The van der Waals surface area contributed by atoms with Crippen molar-refractivity contribution in [2.45, 2.75) is 6.92 Å². The van der Waals surface area contributed by atoms with Gasteiger partial charge in [0.2, 0.25) is 0 Å². The summed E-state index contributed by atoms with van der Waals surface area (Å²) in [5.41, 5.74) is 7.06. The van der Waals surface area contributed by atoms with E-state index in [1.807, 2.05) is 19.1 Å². The van der Waals surface area contributed by atoms with Crippen molar-refractivity contribution in [2.75, 3.05) is 16.6 Å². The van der Waals surface area contributed by atoms with E-state index in [9.17, 15) is 4.79 Å². The monoisotopic (exact) mass is 268 g/mol. The van der Waals surface area contributed by atoms with Gasteiger partial charge in [0.25, 0.3) is 0 Å². The first-order chi connectivity index (χ1) is 8.11. The third-order valence-electron chi connectivity index (χ3n) is 2.15. The molecule has 5 nitrogen and oxygen atoms in total. The predicted octanol–water partition coefficient (Wildman–Crippen LogP) is 2.26. The lowest BCUT2D eigenvalue weighted by Gasteiger charge is -2.15. The second-order valence-corrected chi connectivity index (χ2v) is 4.81. The number of amides is 2. The van der Waals surface area contributed by atoms with Gasteiger partial charge in [-0.2, -0.15) is 0 Å². The van der Waals surface area contributed by atoms with Gasteiger partial charge in [0.05, 0.1) is 15.9 Å². The number of nitrogens with one attached hydrogen (secondary N) is 1. The van der Waals surface area contributed by atoms with Gasteiger partial charge in [0, 0.05) is 6.54 Å². The normalized spacial score (nSPS) is 10.5. The van der Waals surface area contributed by atoms with Crippen molar-refractivity contribution in [1.82, 2.24) is 10.3 Å². The van der Waals surface area contributed by atoms with Crippen molar-refractivity contribution in [3.8, 4) is 0 Å². The molecule has 0 aliphatic heterocycles. The number of carbonyl (C=O) groups is 1. The van der Waals surface area contributed by atoms with Crippen molar-refractivity contribution < 1.29 is 4.79 Å². The van der Waals surface area contributed by atoms with Gasteiger partial charge in [-0.05, 0) is 25.1 Å². The molecule has 7 heteroatoms. The summed E-state index contributed by atoms with van der Waals surface area (Å²) in [5, 5.41) is 3.18. The van der Waals surface area contributed by atoms with Crippen molar-refractivity contribution in [1.29, 1.82) is 0 Å². The number of fused-ring (bicyclic) bond motifs is 1. The minimum absolute atomic E-state index is 0.265. The van der Waals surface area contributed by atoms with Crippen LogP contribution in [0.5, 0.6) is 0 Å². The quantitative estimate of drug-likeness (QED) is 0.732. The number of thiazole rings is 1. The number of thiol groups is 1. The van der Waals surface area contributed by atoms with Crippen LogP contribution in [0, 0.1) is 0 Å². The number of nitrogens with zero attached hydrogens (tertiary/aromatic N) is 2. The van der Waals surface area contributed by atoms with Crippen LogP contribution in [0.1, 0.15) is 6.92 Å². The first-order valence-corrected chi connectivity index (χ1v) is 6.26. The van der Waals surface area contributed by atoms with Crippen LogP contribution >= 0.6 is 24.2 Å². The second kappa shape index (κ2) is 4.80. The molecule has 0 saturated heterocycles. The van der Waals surface area contributed by atoms with Crippen LogP contribution in [0.25, 0.3) is 10.2 Å². The van der Waals surface area contributed by atoms with E-state index in [1.165, 1.54) is 15.6 Å². The summed E-state index contributed by atoms with van der Waals surface area (Å²) >= 11 is 5.56. The number of carbonyl (C=O) groups excluding carboxylic acids is 1. The van der Waals surface area contributed by atoms with Crippen molar-refractivity contribution in [2.24, 2.45) is 0 Å². The highest BCUT2D eigenvalue weighted by Gasteiger charge is 2.12. The standard InChI is InChI=1S/C10H12N4OS2/c1-2-12-10(15)14(16)6-3-4-8-7(5-6)13-9(11)17-8/h3-5,16H,2H2,1H3,(H2,11,13)(H,12,15). The fourth-order valence-electron chi connectivity index (χ4n) is 1.41. The summed E-state index contributed by atoms with van der Waals surface area (Å²) in [6, 6.07) is 5.20. The Labute approximate surface area is 108 Å². The molecule has 0 aliphatic rings. The number of rotatable bonds is 2. The minimum Gasteiger partial charge on any atom is -0.375 e. The van der Waals surface area contributed by atoms with Gasteiger partial charge in [0.15, 0.2) is 5.13 Å². The lowest BCUT2D eigenvalue weighted by molar-refractivity contribution is 0.250. The molecule has 17 heavy (non-hydrogen) atoms. The molecule has 0 radical (unpaired) electrons. The zero-order valence-electron chi connectivity index (χ0n) is 9.17. The first kappa shape index (κ1) is 12.0. The van der Waals surface area contributed by atoms with E-state index in [1.54, 1.807) is 6.07 Å². The fourth-order valence-corrected chi connectivity index (χ4v) is 2.32. The molecule has 0 bridgehead atoms. The summed E-state index contributed by atoms with van der Waals surface area (Å²) in [7, 11) is 0. The lowest BCUT2D eigenvalue weighted by atomic mass is 10.3. The molecule has 1 aromatic carbocycles. The highest BCUT2D eigenvalue weighted by atomic mass is 32.1. The Balaban J connectivity index is 2.32. The maximum Gasteiger partial charge on any atom is 0.331 e. The molecule has 0 fully saturated rings. The zero-order chi connectivity index (χ0) is 12.4. The molecule has 0 saturated carbocycles. The highest BCUT2D eigenvalue weighted by Crippen LogP contribution is 2.28. The molecule has 2 rings (SSSR count). The Bertz CT molecular complexity index is 554. The molecule has 0 atom stereocenters. The van der Waals surface area contributed by atoms with Crippen LogP contribution < -0.4 is 15.4 Å². The Morgan fingerprint density at radius 2 is 2.41 bits per heavy atom. The summed E-state index contributed by atoms with van der Waals surface area (Å²) in [5.74, 6) is 0. The van der Waals surface area contributed by atoms with Crippen LogP contribution in [0.3, 0.4) is 0 Å². The summed E-state index contributed by atoms with van der Waals surface area (Å²) in [6.45, 7) is 2.41. The van der Waals surface area contributed by atoms with Crippen LogP contribution in [-0.2, 0) is 0 Å². The van der Waals surface area contributed by atoms with Crippen molar-refractivity contribution in [3.63, 3.8) is 0 Å². The van der Waals surface area contributed by atoms with Gasteiger partial charge < -0.3 is 11.1 Å². The van der Waals surface area contributed by atoms with Crippen LogP contribution in [0.2, 0.25) is 0 Å². The van der Waals surface area contributed by atoms with Gasteiger partial charge in [-0.25, -0.2) is 14.1 Å². The third-order valence-corrected chi connectivity index (χ3v) is 3.43. The number of hydrogen-bond acceptors (Lipinski definition) is 5. The molecule has 2 aromatic rings. The molecule has 0 aliphatic carbocycles. The molecule has 0 spiro atoms. The van der Waals surface area contributed by atoms with E-state index < -0.39 is 0 Å². The summed E-state index contributed by atoms with van der Waals surface area (Å²) < 4.78 is 2.24. The smallest absolute Gasteiger partial charge is 0.331 e. The molecule has 2 amide bonds. The topological polar surface area (TPSA) is 71.2 Å². The highest BCUT2D eigenvalue weighted by molar-refractivity contribution is 7.82. The number of nitrogens with two attached hydrogens (primary N) is 1. The SMILES string of the molecule is CCNC(=O)N(S)c1ccc2sc(N)nc2c1. The largest absolute Gasteiger partial charge is 0.375 e. The number of aromatic nitrogens is 1. The molecular formula is C10H12N4OS2. The van der Waals surface area contributed by atoms with Crippen LogP contribution in [-0.4, -0.2) is 17.6 Å². The first-order valence-electron chi connectivity index (χ1n) is 5.04. The molecule has 90 valence electrons. The van der Waals surface area contributed by atoms with Gasteiger partial charge >= 0.3 is 6.03 Å². The maximum atomic E-state index is 11.6. The van der Waals surface area contributed by atoms with E-state index in [2.05, 4.69) is 23.1 Å². The van der Waals surface area contributed by atoms with E-state index in [0.29, 0.717) is 17.4 Å². The van der Waals surface area contributed by atoms with Crippen molar-refractivity contribution in [3.05, 3.63) is 18.2 Å². The number of anilines is 2. The predicted molar refractivity (Wildman–Crippen MR) is 74.6 cm³/mol. The van der Waals surface area contributed by atoms with Gasteiger partial charge in [-0.1, -0.05) is 24.2 Å². The van der Waals surface area contributed by atoms with E-state index in [-0.39, 0.29) is 6.03 Å². The van der Waals surface area contributed by atoms with Gasteiger partial charge in [-0.15, -0.1) is 0 Å². The fraction of sp³-hybridized carbons (Fsp3) is 0.200. The second-order valence-electron chi connectivity index (χ2n) is 3.35. The number of hydrogen-bond donors (Lipinski definition) is 3. The lowest BCUT2D eigenvalue weighted by Crippen LogP contribution is -2.33. The summed E-state index contributed by atoms with van der Waals surface area (Å²) in [6.07, 6.45) is 0. The number of nitrogen functional groups attached to an aromatic ring is 1. The van der Waals surface area contributed by atoms with Crippen LogP contribution in [0.4, 0.5) is 15.6 Å².